The van der Waals surface area contributed by atoms with Crippen molar-refractivity contribution in [2.75, 3.05) is 0 Å². The van der Waals surface area contributed by atoms with Gasteiger partial charge in [0.05, 0.1) is 13.1 Å². The Bertz CT molecular complexity index is 462. The fraction of sp³-hybridized carbons (Fsp3) is 0.500. The van der Waals surface area contributed by atoms with Crippen LogP contribution in [0.5, 0.6) is 0 Å². The van der Waals surface area contributed by atoms with Crippen LogP contribution in [0.25, 0.3) is 11.5 Å². The lowest BCUT2D eigenvalue weighted by molar-refractivity contribution is -0.686. The summed E-state index contributed by atoms with van der Waals surface area (Å²) in [4.78, 5) is 4.52. The van der Waals surface area contributed by atoms with Crippen LogP contribution in [0, 0.1) is 0 Å². The minimum Gasteiger partial charge on any atom is -0.248 e. The van der Waals surface area contributed by atoms with Gasteiger partial charge in [0.15, 0.2) is 5.69 Å². The van der Waals surface area contributed by atoms with E-state index in [2.05, 4.69) is 52.5 Å². The Morgan fingerprint density at radius 1 is 1.16 bits per heavy atom. The van der Waals surface area contributed by atoms with E-state index in [0.717, 1.165) is 18.8 Å². The van der Waals surface area contributed by atoms with E-state index in [1.807, 2.05) is 12.3 Å². The first-order valence-corrected chi connectivity index (χ1v) is 7.36. The molecule has 0 aromatic carbocycles. The van der Waals surface area contributed by atoms with Crippen LogP contribution in [0.1, 0.15) is 39.5 Å². The predicted molar refractivity (Wildman–Crippen MR) is 77.7 cm³/mol. The summed E-state index contributed by atoms with van der Waals surface area (Å²) in [5.41, 5.74) is 1.07. The molecular weight excluding hydrogens is 234 g/mol. The summed E-state index contributed by atoms with van der Waals surface area (Å²) in [6.07, 6.45) is 11.1. The molecule has 102 valence electrons. The van der Waals surface area contributed by atoms with Gasteiger partial charge in [-0.3, -0.25) is 0 Å². The number of imidazole rings is 1. The van der Waals surface area contributed by atoms with Gasteiger partial charge in [-0.2, -0.15) is 0 Å². The lowest BCUT2D eigenvalue weighted by Gasteiger charge is -2.04. The van der Waals surface area contributed by atoms with E-state index in [1.54, 1.807) is 0 Å². The molecular formula is C16H24N3+. The third-order valence-corrected chi connectivity index (χ3v) is 3.37. The molecule has 0 amide bonds. The molecule has 19 heavy (non-hydrogen) atoms. The largest absolute Gasteiger partial charge is 0.307 e. The average molecular weight is 258 g/mol. The highest BCUT2D eigenvalue weighted by Gasteiger charge is 2.19. The molecule has 2 heterocycles. The minimum atomic E-state index is 1.07. The highest BCUT2D eigenvalue weighted by Crippen LogP contribution is 2.14. The molecule has 0 N–H and O–H groups in total. The van der Waals surface area contributed by atoms with Crippen LogP contribution in [0.2, 0.25) is 0 Å². The van der Waals surface area contributed by atoms with Gasteiger partial charge in [0.2, 0.25) is 0 Å². The van der Waals surface area contributed by atoms with Crippen molar-refractivity contribution in [3.05, 3.63) is 36.8 Å². The molecule has 0 saturated carbocycles. The van der Waals surface area contributed by atoms with Gasteiger partial charge in [-0.05, 0) is 25.0 Å². The van der Waals surface area contributed by atoms with Crippen molar-refractivity contribution in [3.63, 3.8) is 0 Å². The highest BCUT2D eigenvalue weighted by atomic mass is 15.2. The molecule has 0 aliphatic heterocycles. The quantitative estimate of drug-likeness (QED) is 0.697. The van der Waals surface area contributed by atoms with Crippen molar-refractivity contribution >= 4 is 0 Å². The molecule has 3 heteroatoms. The van der Waals surface area contributed by atoms with Crippen LogP contribution in [0.4, 0.5) is 0 Å². The molecule has 0 aliphatic rings. The predicted octanol–water partition coefficient (Wildman–Crippen LogP) is 3.44. The Balaban J connectivity index is 2.32. The van der Waals surface area contributed by atoms with E-state index in [9.17, 15) is 0 Å². The van der Waals surface area contributed by atoms with E-state index in [0.29, 0.717) is 0 Å². The fourth-order valence-corrected chi connectivity index (χ4v) is 2.27. The average Bonchev–Trinajstić information content (AvgIpc) is 2.86. The van der Waals surface area contributed by atoms with Crippen LogP contribution >= 0.6 is 0 Å². The van der Waals surface area contributed by atoms with Gasteiger partial charge in [0.1, 0.15) is 12.4 Å². The lowest BCUT2D eigenvalue weighted by Crippen LogP contribution is -2.35. The minimum absolute atomic E-state index is 1.07. The number of rotatable bonds is 7. The van der Waals surface area contributed by atoms with Crippen molar-refractivity contribution in [2.45, 2.75) is 52.6 Å². The second-order valence-electron chi connectivity index (χ2n) is 4.93. The molecule has 0 radical (unpaired) electrons. The number of aryl methyl sites for hydroxylation is 2. The summed E-state index contributed by atoms with van der Waals surface area (Å²) < 4.78 is 4.67. The Morgan fingerprint density at radius 2 is 2.00 bits per heavy atom. The molecule has 0 saturated heterocycles. The Hall–Kier alpha value is -1.64. The fourth-order valence-electron chi connectivity index (χ4n) is 2.27. The third kappa shape index (κ3) is 3.43. The monoisotopic (exact) mass is 258 g/mol. The standard InChI is InChI=1S/C16H24N3/c1-3-5-11-18-13-14-19(12-6-4-2)16(18)15-9-7-8-10-17-15/h7-10,13-14H,3-6,11-12H2,1-2H3/q+1. The van der Waals surface area contributed by atoms with Gasteiger partial charge < -0.3 is 0 Å². The Morgan fingerprint density at radius 3 is 2.68 bits per heavy atom. The summed E-state index contributed by atoms with van der Waals surface area (Å²) in [6, 6.07) is 6.13. The van der Waals surface area contributed by atoms with Crippen molar-refractivity contribution < 1.29 is 4.57 Å². The van der Waals surface area contributed by atoms with Crippen molar-refractivity contribution in [1.82, 2.24) is 9.55 Å². The first-order chi connectivity index (χ1) is 9.36. The van der Waals surface area contributed by atoms with Gasteiger partial charge in [0.25, 0.3) is 0 Å². The zero-order valence-corrected chi connectivity index (χ0v) is 12.0. The number of hydrogen-bond donors (Lipinski definition) is 0. The number of unbranched alkanes of at least 4 members (excludes halogenated alkanes) is 2. The molecule has 3 nitrogen and oxygen atoms in total. The zero-order valence-electron chi connectivity index (χ0n) is 12.0. The van der Waals surface area contributed by atoms with E-state index < -0.39 is 0 Å². The maximum absolute atomic E-state index is 4.52. The van der Waals surface area contributed by atoms with Crippen LogP contribution in [0.3, 0.4) is 0 Å². The molecule has 0 spiro atoms. The first-order valence-electron chi connectivity index (χ1n) is 7.36. The summed E-state index contributed by atoms with van der Waals surface area (Å²) in [5.74, 6) is 1.24. The van der Waals surface area contributed by atoms with Gasteiger partial charge in [0, 0.05) is 6.20 Å². The summed E-state index contributed by atoms with van der Waals surface area (Å²) >= 11 is 0. The van der Waals surface area contributed by atoms with Crippen LogP contribution in [-0.2, 0) is 13.1 Å². The van der Waals surface area contributed by atoms with Crippen LogP contribution in [-0.4, -0.2) is 9.55 Å². The van der Waals surface area contributed by atoms with Gasteiger partial charge in [-0.25, -0.2) is 14.1 Å². The maximum Gasteiger partial charge on any atom is 0.307 e. The number of hydrogen-bond acceptors (Lipinski definition) is 1. The molecule has 2 aromatic heterocycles. The number of pyridine rings is 1. The first kappa shape index (κ1) is 13.8. The lowest BCUT2D eigenvalue weighted by atomic mass is 10.3. The molecule has 0 unspecified atom stereocenters. The molecule has 2 rings (SSSR count). The maximum atomic E-state index is 4.52. The van der Waals surface area contributed by atoms with Crippen LogP contribution in [0.15, 0.2) is 36.8 Å². The zero-order chi connectivity index (χ0) is 13.5. The Kier molecular flexibility index (Phi) is 5.13. The molecule has 2 aromatic rings. The second-order valence-corrected chi connectivity index (χ2v) is 4.93. The van der Waals surface area contributed by atoms with E-state index >= 15 is 0 Å². The molecule has 0 aliphatic carbocycles. The molecule has 0 fully saturated rings. The van der Waals surface area contributed by atoms with Crippen LogP contribution < -0.4 is 4.57 Å². The Labute approximate surface area is 115 Å². The summed E-state index contributed by atoms with van der Waals surface area (Å²) in [7, 11) is 0. The molecule has 0 atom stereocenters. The molecule has 0 bridgehead atoms. The van der Waals surface area contributed by atoms with Gasteiger partial charge in [-0.15, -0.1) is 0 Å². The second kappa shape index (κ2) is 7.07. The summed E-state index contributed by atoms with van der Waals surface area (Å²) in [6.45, 7) is 6.60. The van der Waals surface area contributed by atoms with E-state index in [1.165, 1.54) is 31.5 Å². The van der Waals surface area contributed by atoms with Gasteiger partial charge >= 0.3 is 5.82 Å². The summed E-state index contributed by atoms with van der Waals surface area (Å²) in [5, 5.41) is 0. The topological polar surface area (TPSA) is 21.7 Å². The van der Waals surface area contributed by atoms with Crippen molar-refractivity contribution in [3.8, 4) is 11.5 Å². The smallest absolute Gasteiger partial charge is 0.248 e. The third-order valence-electron chi connectivity index (χ3n) is 3.37. The van der Waals surface area contributed by atoms with E-state index in [4.69, 9.17) is 0 Å². The number of aromatic nitrogens is 3. The SMILES string of the molecule is CCCCn1cc[n+](CCCC)c1-c1ccccn1. The normalized spacial score (nSPS) is 10.8. The van der Waals surface area contributed by atoms with Crippen molar-refractivity contribution in [1.29, 1.82) is 0 Å². The van der Waals surface area contributed by atoms with Crippen molar-refractivity contribution in [2.24, 2.45) is 0 Å². The van der Waals surface area contributed by atoms with Gasteiger partial charge in [-0.1, -0.05) is 32.8 Å². The van der Waals surface area contributed by atoms with E-state index in [-0.39, 0.29) is 0 Å². The highest BCUT2D eigenvalue weighted by molar-refractivity contribution is 5.45. The number of nitrogens with zero attached hydrogens (tertiary/aromatic N) is 3.